The van der Waals surface area contributed by atoms with Crippen molar-refractivity contribution in [1.82, 2.24) is 19.4 Å². The van der Waals surface area contributed by atoms with Gasteiger partial charge in [-0.25, -0.2) is 9.97 Å². The van der Waals surface area contributed by atoms with Crippen LogP contribution < -0.4 is 0 Å². The minimum absolute atomic E-state index is 0.477. The van der Waals surface area contributed by atoms with Crippen LogP contribution in [-0.2, 0) is 0 Å². The summed E-state index contributed by atoms with van der Waals surface area (Å²) < 4.78 is 2.26. The first-order valence-corrected chi connectivity index (χ1v) is 7.86. The Balaban J connectivity index is 1.76. The zero-order valence-electron chi connectivity index (χ0n) is 12.4. The first kappa shape index (κ1) is 13.7. The second-order valence-electron chi connectivity index (χ2n) is 5.90. The molecule has 3 aromatic rings. The van der Waals surface area contributed by atoms with Crippen molar-refractivity contribution in [2.24, 2.45) is 0 Å². The molecular formula is C17H17ClN4. The van der Waals surface area contributed by atoms with Gasteiger partial charge in [-0.2, -0.15) is 0 Å². The van der Waals surface area contributed by atoms with Crippen LogP contribution in [-0.4, -0.2) is 39.6 Å². The summed E-state index contributed by atoms with van der Waals surface area (Å²) in [5.41, 5.74) is 1.86. The van der Waals surface area contributed by atoms with E-state index in [1.807, 2.05) is 30.5 Å². The summed E-state index contributed by atoms with van der Waals surface area (Å²) in [5, 5.41) is 1.78. The van der Waals surface area contributed by atoms with Crippen LogP contribution in [0, 0.1) is 0 Å². The standard InChI is InChI=1S/C17H17ClN4/c1-21-8-6-14(11-21)22-9-7-19-17(22)16-4-2-12-10-13(18)3-5-15(12)20-16/h2-5,7,9-10,14H,6,8,11H2,1H3. The third-order valence-corrected chi connectivity index (χ3v) is 4.54. The van der Waals surface area contributed by atoms with Crippen molar-refractivity contribution in [2.75, 3.05) is 20.1 Å². The van der Waals surface area contributed by atoms with Crippen LogP contribution in [0.15, 0.2) is 42.7 Å². The summed E-state index contributed by atoms with van der Waals surface area (Å²) in [6.45, 7) is 2.19. The van der Waals surface area contributed by atoms with E-state index in [1.165, 1.54) is 0 Å². The lowest BCUT2D eigenvalue weighted by atomic mass is 10.2. The third kappa shape index (κ3) is 2.38. The Labute approximate surface area is 134 Å². The zero-order chi connectivity index (χ0) is 15.1. The SMILES string of the molecule is CN1CCC(n2ccnc2-c2ccc3cc(Cl)ccc3n2)C1. The van der Waals surface area contributed by atoms with E-state index in [9.17, 15) is 0 Å². The molecule has 0 bridgehead atoms. The highest BCUT2D eigenvalue weighted by Crippen LogP contribution is 2.27. The molecule has 4 rings (SSSR count). The molecule has 1 aromatic carbocycles. The molecule has 1 aliphatic heterocycles. The van der Waals surface area contributed by atoms with Gasteiger partial charge in [-0.15, -0.1) is 0 Å². The molecule has 112 valence electrons. The van der Waals surface area contributed by atoms with Crippen molar-refractivity contribution < 1.29 is 0 Å². The van der Waals surface area contributed by atoms with Gasteiger partial charge in [0.25, 0.3) is 0 Å². The van der Waals surface area contributed by atoms with Crippen LogP contribution in [0.3, 0.4) is 0 Å². The topological polar surface area (TPSA) is 34.0 Å². The molecule has 1 atom stereocenters. The first-order chi connectivity index (χ1) is 10.7. The van der Waals surface area contributed by atoms with E-state index < -0.39 is 0 Å². The van der Waals surface area contributed by atoms with Gasteiger partial charge in [-0.3, -0.25) is 0 Å². The van der Waals surface area contributed by atoms with Crippen LogP contribution in [0.1, 0.15) is 12.5 Å². The van der Waals surface area contributed by atoms with Gasteiger partial charge in [-0.05, 0) is 44.3 Å². The first-order valence-electron chi connectivity index (χ1n) is 7.49. The molecule has 1 aliphatic rings. The smallest absolute Gasteiger partial charge is 0.158 e. The molecule has 2 aromatic heterocycles. The summed E-state index contributed by atoms with van der Waals surface area (Å²) in [5.74, 6) is 0.942. The maximum atomic E-state index is 6.03. The molecule has 1 unspecified atom stereocenters. The van der Waals surface area contributed by atoms with Crippen molar-refractivity contribution in [1.29, 1.82) is 0 Å². The molecule has 1 saturated heterocycles. The third-order valence-electron chi connectivity index (χ3n) is 4.31. The van der Waals surface area contributed by atoms with E-state index in [4.69, 9.17) is 16.6 Å². The lowest BCUT2D eigenvalue weighted by Crippen LogP contribution is -2.16. The molecule has 3 heterocycles. The van der Waals surface area contributed by atoms with Gasteiger partial charge in [-0.1, -0.05) is 17.7 Å². The molecule has 0 spiro atoms. The van der Waals surface area contributed by atoms with Gasteiger partial charge < -0.3 is 9.47 Å². The van der Waals surface area contributed by atoms with E-state index in [0.29, 0.717) is 6.04 Å². The molecule has 0 radical (unpaired) electrons. The zero-order valence-corrected chi connectivity index (χ0v) is 13.2. The summed E-state index contributed by atoms with van der Waals surface area (Å²) in [6.07, 6.45) is 5.08. The van der Waals surface area contributed by atoms with E-state index in [-0.39, 0.29) is 0 Å². The molecule has 0 saturated carbocycles. The molecule has 4 nitrogen and oxygen atoms in total. The predicted molar refractivity (Wildman–Crippen MR) is 89.1 cm³/mol. The fraction of sp³-hybridized carbons (Fsp3) is 0.294. The number of rotatable bonds is 2. The van der Waals surface area contributed by atoms with Gasteiger partial charge in [0.05, 0.1) is 5.52 Å². The van der Waals surface area contributed by atoms with Gasteiger partial charge >= 0.3 is 0 Å². The van der Waals surface area contributed by atoms with Crippen molar-refractivity contribution in [3.05, 3.63) is 47.7 Å². The monoisotopic (exact) mass is 312 g/mol. The van der Waals surface area contributed by atoms with Crippen molar-refractivity contribution in [2.45, 2.75) is 12.5 Å². The maximum absolute atomic E-state index is 6.03. The Hall–Kier alpha value is -1.91. The second-order valence-corrected chi connectivity index (χ2v) is 6.33. The van der Waals surface area contributed by atoms with E-state index in [0.717, 1.165) is 47.0 Å². The number of likely N-dealkylation sites (tertiary alicyclic amines) is 1. The fourth-order valence-corrected chi connectivity index (χ4v) is 3.35. The largest absolute Gasteiger partial charge is 0.325 e. The Kier molecular flexibility index (Phi) is 3.36. The molecule has 0 N–H and O–H groups in total. The minimum atomic E-state index is 0.477. The van der Waals surface area contributed by atoms with Crippen LogP contribution in [0.25, 0.3) is 22.4 Å². The Morgan fingerprint density at radius 1 is 1.23 bits per heavy atom. The van der Waals surface area contributed by atoms with E-state index >= 15 is 0 Å². The second kappa shape index (κ2) is 5.38. The van der Waals surface area contributed by atoms with Gasteiger partial charge in [0.1, 0.15) is 5.69 Å². The number of hydrogen-bond acceptors (Lipinski definition) is 3. The van der Waals surface area contributed by atoms with Crippen LogP contribution in [0.5, 0.6) is 0 Å². The molecule has 0 aliphatic carbocycles. The van der Waals surface area contributed by atoms with Crippen LogP contribution in [0.2, 0.25) is 5.02 Å². The maximum Gasteiger partial charge on any atom is 0.158 e. The summed E-state index contributed by atoms with van der Waals surface area (Å²) in [7, 11) is 2.16. The average molecular weight is 313 g/mol. The summed E-state index contributed by atoms with van der Waals surface area (Å²) in [6, 6.07) is 10.3. The van der Waals surface area contributed by atoms with Gasteiger partial charge in [0.15, 0.2) is 5.82 Å². The number of hydrogen-bond donors (Lipinski definition) is 0. The highest BCUT2D eigenvalue weighted by atomic mass is 35.5. The Bertz CT molecular complexity index is 826. The number of halogens is 1. The number of pyridine rings is 1. The average Bonchev–Trinajstić information content (AvgIpc) is 3.15. The predicted octanol–water partition coefficient (Wildman–Crippen LogP) is 3.63. The highest BCUT2D eigenvalue weighted by molar-refractivity contribution is 6.31. The number of imidazole rings is 1. The number of fused-ring (bicyclic) bond motifs is 1. The van der Waals surface area contributed by atoms with E-state index in [2.05, 4.69) is 33.8 Å². The Morgan fingerprint density at radius 2 is 2.14 bits per heavy atom. The fourth-order valence-electron chi connectivity index (χ4n) is 3.17. The van der Waals surface area contributed by atoms with Gasteiger partial charge in [0, 0.05) is 35.4 Å². The minimum Gasteiger partial charge on any atom is -0.325 e. The molecule has 5 heteroatoms. The van der Waals surface area contributed by atoms with Crippen molar-refractivity contribution in [3.8, 4) is 11.5 Å². The lowest BCUT2D eigenvalue weighted by molar-refractivity contribution is 0.393. The number of likely N-dealkylation sites (N-methyl/N-ethyl adjacent to an activating group) is 1. The number of benzene rings is 1. The van der Waals surface area contributed by atoms with Crippen LogP contribution in [0.4, 0.5) is 0 Å². The summed E-state index contributed by atoms with van der Waals surface area (Å²) in [4.78, 5) is 11.6. The summed E-state index contributed by atoms with van der Waals surface area (Å²) >= 11 is 6.03. The molecule has 1 fully saturated rings. The quantitative estimate of drug-likeness (QED) is 0.724. The van der Waals surface area contributed by atoms with Crippen LogP contribution >= 0.6 is 11.6 Å². The highest BCUT2D eigenvalue weighted by Gasteiger charge is 2.23. The number of nitrogens with zero attached hydrogens (tertiary/aromatic N) is 4. The number of aromatic nitrogens is 3. The van der Waals surface area contributed by atoms with Crippen molar-refractivity contribution >= 4 is 22.5 Å². The van der Waals surface area contributed by atoms with Gasteiger partial charge in [0.2, 0.25) is 0 Å². The molecule has 0 amide bonds. The normalized spacial score (nSPS) is 19.1. The Morgan fingerprint density at radius 3 is 2.95 bits per heavy atom. The van der Waals surface area contributed by atoms with Crippen molar-refractivity contribution in [3.63, 3.8) is 0 Å². The lowest BCUT2D eigenvalue weighted by Gasteiger charge is -2.15. The van der Waals surface area contributed by atoms with E-state index in [1.54, 1.807) is 0 Å². The molecule has 22 heavy (non-hydrogen) atoms. The molecular weight excluding hydrogens is 296 g/mol.